The molecule has 4 N–H and O–H groups in total. The lowest BCUT2D eigenvalue weighted by molar-refractivity contribution is 0.474. The molecular weight excluding hydrogens is 374 g/mol. The van der Waals surface area contributed by atoms with Gasteiger partial charge in [-0.1, -0.05) is 12.1 Å². The van der Waals surface area contributed by atoms with E-state index in [1.165, 1.54) is 0 Å². The number of hydrogen-bond donors (Lipinski definition) is 3. The van der Waals surface area contributed by atoms with E-state index in [4.69, 9.17) is 5.73 Å². The van der Waals surface area contributed by atoms with Gasteiger partial charge in [0.25, 0.3) is 0 Å². The quantitative estimate of drug-likeness (QED) is 0.749. The predicted octanol–water partition coefficient (Wildman–Crippen LogP) is 3.18. The second kappa shape index (κ2) is 8.77. The van der Waals surface area contributed by atoms with Gasteiger partial charge in [-0.25, -0.2) is 0 Å². The number of aromatic nitrogens is 1. The van der Waals surface area contributed by atoms with Gasteiger partial charge in [0.15, 0.2) is 0 Å². The Balaban J connectivity index is 0.00000162. The van der Waals surface area contributed by atoms with E-state index in [2.05, 4.69) is 10.3 Å². The molecule has 0 bridgehead atoms. The van der Waals surface area contributed by atoms with Crippen molar-refractivity contribution in [2.24, 2.45) is 0 Å². The van der Waals surface area contributed by atoms with Gasteiger partial charge < -0.3 is 16.2 Å². The maximum atomic E-state index is 9.32. The Morgan fingerprint density at radius 1 is 1.21 bits per heavy atom. The van der Waals surface area contributed by atoms with Crippen LogP contribution in [-0.4, -0.2) is 16.6 Å². The Hall–Kier alpha value is -1.27. The van der Waals surface area contributed by atoms with E-state index in [0.717, 1.165) is 24.2 Å². The first-order chi connectivity index (χ1) is 8.25. The van der Waals surface area contributed by atoms with Gasteiger partial charge in [0.2, 0.25) is 0 Å². The standard InChI is InChI=1S/C13H15N3O.2BrH/c14-12-9-15-6-5-13(12)16-7-4-10-2-1-3-11(17)8-10;;/h1-3,5-6,8-9,17H,4,7,14H2,(H,15,16);2*1H. The number of nitrogens with two attached hydrogens (primary N) is 1. The second-order valence-corrected chi connectivity index (χ2v) is 3.81. The average molecular weight is 391 g/mol. The number of nitrogens with one attached hydrogen (secondary N) is 1. The minimum Gasteiger partial charge on any atom is -0.508 e. The number of nitrogens with zero attached hydrogens (tertiary/aromatic N) is 1. The first-order valence-electron chi connectivity index (χ1n) is 5.47. The number of rotatable bonds is 4. The number of aromatic hydroxyl groups is 1. The SMILES string of the molecule is Br.Br.Nc1cnccc1NCCc1cccc(O)c1. The van der Waals surface area contributed by atoms with Crippen molar-refractivity contribution in [3.63, 3.8) is 0 Å². The van der Waals surface area contributed by atoms with E-state index in [1.807, 2.05) is 18.2 Å². The Kier molecular flexibility index (Phi) is 8.18. The molecule has 6 heteroatoms. The van der Waals surface area contributed by atoms with Crippen LogP contribution in [0, 0.1) is 0 Å². The van der Waals surface area contributed by atoms with E-state index in [1.54, 1.807) is 24.5 Å². The molecule has 0 aliphatic heterocycles. The number of phenolic OH excluding ortho intramolecular Hbond substituents is 1. The molecule has 104 valence electrons. The molecule has 0 aliphatic rings. The third-order valence-electron chi connectivity index (χ3n) is 2.49. The fourth-order valence-corrected chi connectivity index (χ4v) is 1.62. The maximum absolute atomic E-state index is 9.32. The summed E-state index contributed by atoms with van der Waals surface area (Å²) in [6.45, 7) is 0.762. The van der Waals surface area contributed by atoms with Gasteiger partial charge in [-0.3, -0.25) is 4.98 Å². The molecular formula is C13H17Br2N3O. The smallest absolute Gasteiger partial charge is 0.115 e. The molecule has 0 radical (unpaired) electrons. The number of nitrogen functional groups attached to an aromatic ring is 1. The highest BCUT2D eigenvalue weighted by atomic mass is 79.9. The summed E-state index contributed by atoms with van der Waals surface area (Å²) in [5.74, 6) is 0.297. The van der Waals surface area contributed by atoms with E-state index in [-0.39, 0.29) is 34.0 Å². The third-order valence-corrected chi connectivity index (χ3v) is 2.49. The Morgan fingerprint density at radius 3 is 2.68 bits per heavy atom. The number of phenols is 1. The molecule has 2 aromatic rings. The zero-order valence-corrected chi connectivity index (χ0v) is 13.7. The van der Waals surface area contributed by atoms with Crippen molar-refractivity contribution < 1.29 is 5.11 Å². The summed E-state index contributed by atoms with van der Waals surface area (Å²) in [5, 5.41) is 12.6. The molecule has 0 saturated carbocycles. The van der Waals surface area contributed by atoms with Gasteiger partial charge >= 0.3 is 0 Å². The summed E-state index contributed by atoms with van der Waals surface area (Å²) in [7, 11) is 0. The first-order valence-corrected chi connectivity index (χ1v) is 5.47. The lowest BCUT2D eigenvalue weighted by atomic mass is 10.1. The molecule has 0 spiro atoms. The van der Waals surface area contributed by atoms with Crippen LogP contribution >= 0.6 is 34.0 Å². The van der Waals surface area contributed by atoms with Crippen LogP contribution in [0.15, 0.2) is 42.7 Å². The Morgan fingerprint density at radius 2 is 2.00 bits per heavy atom. The van der Waals surface area contributed by atoms with Gasteiger partial charge in [0.1, 0.15) is 5.75 Å². The van der Waals surface area contributed by atoms with Crippen LogP contribution in [-0.2, 0) is 6.42 Å². The lowest BCUT2D eigenvalue weighted by Gasteiger charge is -2.08. The van der Waals surface area contributed by atoms with Crippen molar-refractivity contribution in [2.75, 3.05) is 17.6 Å². The van der Waals surface area contributed by atoms with Crippen molar-refractivity contribution in [3.05, 3.63) is 48.3 Å². The number of pyridine rings is 1. The summed E-state index contributed by atoms with van der Waals surface area (Å²) in [6.07, 6.45) is 4.15. The summed E-state index contributed by atoms with van der Waals surface area (Å²) >= 11 is 0. The number of halogens is 2. The number of hydrogen-bond acceptors (Lipinski definition) is 4. The largest absolute Gasteiger partial charge is 0.508 e. The molecule has 0 aliphatic carbocycles. The molecule has 4 nitrogen and oxygen atoms in total. The molecule has 1 heterocycles. The van der Waals surface area contributed by atoms with Crippen LogP contribution in [0.5, 0.6) is 5.75 Å². The summed E-state index contributed by atoms with van der Waals surface area (Å²) in [6, 6.07) is 9.09. The molecule has 0 fully saturated rings. The minimum atomic E-state index is 0. The van der Waals surface area contributed by atoms with Crippen molar-refractivity contribution >= 4 is 45.3 Å². The first kappa shape index (κ1) is 17.7. The summed E-state index contributed by atoms with van der Waals surface area (Å²) in [5.41, 5.74) is 8.38. The monoisotopic (exact) mass is 389 g/mol. The fourth-order valence-electron chi connectivity index (χ4n) is 1.62. The Labute approximate surface area is 133 Å². The van der Waals surface area contributed by atoms with Gasteiger partial charge in [-0.2, -0.15) is 0 Å². The topological polar surface area (TPSA) is 71.2 Å². The lowest BCUT2D eigenvalue weighted by Crippen LogP contribution is -2.06. The number of benzene rings is 1. The normalized spacial score (nSPS) is 9.05. The van der Waals surface area contributed by atoms with Crippen LogP contribution < -0.4 is 11.1 Å². The van der Waals surface area contributed by atoms with Crippen LogP contribution in [0.25, 0.3) is 0 Å². The molecule has 1 aromatic carbocycles. The van der Waals surface area contributed by atoms with Gasteiger partial charge in [0.05, 0.1) is 17.6 Å². The third kappa shape index (κ3) is 5.48. The highest BCUT2D eigenvalue weighted by molar-refractivity contribution is 8.93. The molecule has 2 rings (SSSR count). The molecule has 0 amide bonds. The van der Waals surface area contributed by atoms with Gasteiger partial charge in [-0.05, 0) is 30.2 Å². The Bertz CT molecular complexity index is 509. The van der Waals surface area contributed by atoms with Crippen molar-refractivity contribution in [1.29, 1.82) is 0 Å². The van der Waals surface area contributed by atoms with Gasteiger partial charge in [-0.15, -0.1) is 34.0 Å². The van der Waals surface area contributed by atoms with E-state index in [0.29, 0.717) is 11.4 Å². The van der Waals surface area contributed by atoms with E-state index in [9.17, 15) is 5.11 Å². The van der Waals surface area contributed by atoms with Crippen LogP contribution in [0.4, 0.5) is 11.4 Å². The zero-order valence-electron chi connectivity index (χ0n) is 10.2. The van der Waals surface area contributed by atoms with Crippen LogP contribution in [0.1, 0.15) is 5.56 Å². The predicted molar refractivity (Wildman–Crippen MR) is 89.6 cm³/mol. The molecule has 19 heavy (non-hydrogen) atoms. The highest BCUT2D eigenvalue weighted by Gasteiger charge is 1.98. The van der Waals surface area contributed by atoms with Crippen molar-refractivity contribution in [3.8, 4) is 5.75 Å². The average Bonchev–Trinajstić information content (AvgIpc) is 2.32. The molecule has 0 saturated heterocycles. The van der Waals surface area contributed by atoms with Crippen LogP contribution in [0.3, 0.4) is 0 Å². The van der Waals surface area contributed by atoms with Crippen LogP contribution in [0.2, 0.25) is 0 Å². The van der Waals surface area contributed by atoms with E-state index < -0.39 is 0 Å². The number of anilines is 2. The van der Waals surface area contributed by atoms with Crippen molar-refractivity contribution in [2.45, 2.75) is 6.42 Å². The van der Waals surface area contributed by atoms with Gasteiger partial charge in [0, 0.05) is 12.7 Å². The molecule has 0 unspecified atom stereocenters. The second-order valence-electron chi connectivity index (χ2n) is 3.81. The summed E-state index contributed by atoms with van der Waals surface area (Å²) < 4.78 is 0. The van der Waals surface area contributed by atoms with E-state index >= 15 is 0 Å². The highest BCUT2D eigenvalue weighted by Crippen LogP contribution is 2.16. The molecule has 1 aromatic heterocycles. The fraction of sp³-hybridized carbons (Fsp3) is 0.154. The molecule has 0 atom stereocenters. The summed E-state index contributed by atoms with van der Waals surface area (Å²) in [4.78, 5) is 3.92. The maximum Gasteiger partial charge on any atom is 0.115 e. The minimum absolute atomic E-state index is 0. The van der Waals surface area contributed by atoms with Crippen molar-refractivity contribution in [1.82, 2.24) is 4.98 Å². The zero-order chi connectivity index (χ0) is 12.1.